The van der Waals surface area contributed by atoms with Crippen molar-refractivity contribution in [2.45, 2.75) is 0 Å². The Labute approximate surface area is 161 Å². The minimum atomic E-state index is -0.294. The van der Waals surface area contributed by atoms with Crippen LogP contribution in [0, 0.1) is 5.82 Å². The molecule has 7 nitrogen and oxygen atoms in total. The van der Waals surface area contributed by atoms with E-state index in [1.807, 2.05) is 30.3 Å². The van der Waals surface area contributed by atoms with Crippen molar-refractivity contribution >= 4 is 28.5 Å². The van der Waals surface area contributed by atoms with E-state index < -0.39 is 0 Å². The minimum absolute atomic E-state index is 0.294. The second-order valence-corrected chi connectivity index (χ2v) is 6.08. The number of rotatable bonds is 7. The number of halogens is 1. The average Bonchev–Trinajstić information content (AvgIpc) is 3.15. The molecule has 0 aliphatic rings. The highest BCUT2D eigenvalue weighted by atomic mass is 19.1. The molecule has 4 rings (SSSR count). The van der Waals surface area contributed by atoms with Crippen molar-refractivity contribution in [1.82, 2.24) is 19.7 Å². The van der Waals surface area contributed by atoms with Gasteiger partial charge in [-0.1, -0.05) is 18.2 Å². The summed E-state index contributed by atoms with van der Waals surface area (Å²) in [6.07, 6.45) is 1.72. The van der Waals surface area contributed by atoms with Crippen molar-refractivity contribution in [2.75, 3.05) is 30.9 Å². The molecule has 0 amide bonds. The lowest BCUT2D eigenvalue weighted by Gasteiger charge is -2.11. The maximum Gasteiger partial charge on any atom is 0.226 e. The number of fused-ring (bicyclic) bond motifs is 1. The summed E-state index contributed by atoms with van der Waals surface area (Å²) in [6, 6.07) is 15.9. The van der Waals surface area contributed by atoms with Gasteiger partial charge in [0.1, 0.15) is 11.6 Å². The van der Waals surface area contributed by atoms with Gasteiger partial charge in [-0.3, -0.25) is 0 Å². The molecule has 8 heteroatoms. The van der Waals surface area contributed by atoms with Crippen LogP contribution in [0.1, 0.15) is 0 Å². The lowest BCUT2D eigenvalue weighted by molar-refractivity contribution is 0.210. The second kappa shape index (κ2) is 8.01. The number of aromatic nitrogens is 4. The molecule has 28 heavy (non-hydrogen) atoms. The molecule has 0 bridgehead atoms. The first kappa shape index (κ1) is 17.9. The van der Waals surface area contributed by atoms with Crippen LogP contribution >= 0.6 is 0 Å². The minimum Gasteiger partial charge on any atom is -0.383 e. The van der Waals surface area contributed by atoms with Gasteiger partial charge in [0.05, 0.1) is 23.9 Å². The lowest BCUT2D eigenvalue weighted by atomic mass is 10.3. The Morgan fingerprint density at radius 3 is 2.57 bits per heavy atom. The molecular weight excluding hydrogens is 359 g/mol. The highest BCUT2D eigenvalue weighted by Crippen LogP contribution is 2.27. The van der Waals surface area contributed by atoms with Gasteiger partial charge in [0.15, 0.2) is 5.65 Å². The maximum atomic E-state index is 13.2. The van der Waals surface area contributed by atoms with Crippen molar-refractivity contribution < 1.29 is 9.13 Å². The van der Waals surface area contributed by atoms with Crippen molar-refractivity contribution in [2.24, 2.45) is 0 Å². The Balaban J connectivity index is 1.78. The molecule has 142 valence electrons. The molecule has 0 fully saturated rings. The highest BCUT2D eigenvalue weighted by molar-refractivity contribution is 5.90. The molecule has 0 aliphatic heterocycles. The first-order chi connectivity index (χ1) is 13.7. The predicted octanol–water partition coefficient (Wildman–Crippen LogP) is 3.76. The van der Waals surface area contributed by atoms with E-state index in [-0.39, 0.29) is 5.82 Å². The Kier molecular flexibility index (Phi) is 5.11. The van der Waals surface area contributed by atoms with Crippen LogP contribution in [0.3, 0.4) is 0 Å². The zero-order chi connectivity index (χ0) is 19.3. The Morgan fingerprint density at radius 2 is 1.82 bits per heavy atom. The van der Waals surface area contributed by atoms with Gasteiger partial charge in [0, 0.05) is 19.3 Å². The maximum absolute atomic E-state index is 13.2. The molecule has 2 aromatic carbocycles. The van der Waals surface area contributed by atoms with Gasteiger partial charge in [-0.2, -0.15) is 15.1 Å². The normalized spacial score (nSPS) is 10.9. The van der Waals surface area contributed by atoms with E-state index in [1.54, 1.807) is 30.1 Å². The van der Waals surface area contributed by atoms with Crippen LogP contribution in [0.25, 0.3) is 16.7 Å². The fourth-order valence-corrected chi connectivity index (χ4v) is 2.78. The van der Waals surface area contributed by atoms with E-state index in [4.69, 9.17) is 4.74 Å². The molecule has 2 aromatic heterocycles. The molecule has 2 N–H and O–H groups in total. The summed E-state index contributed by atoms with van der Waals surface area (Å²) in [5.41, 5.74) is 2.27. The fraction of sp³-hybridized carbons (Fsp3) is 0.150. The highest BCUT2D eigenvalue weighted by Gasteiger charge is 2.14. The fourth-order valence-electron chi connectivity index (χ4n) is 2.78. The zero-order valence-electron chi connectivity index (χ0n) is 15.3. The van der Waals surface area contributed by atoms with E-state index in [0.29, 0.717) is 30.6 Å². The Bertz CT molecular complexity index is 1070. The first-order valence-electron chi connectivity index (χ1n) is 8.81. The van der Waals surface area contributed by atoms with E-state index >= 15 is 0 Å². The van der Waals surface area contributed by atoms with Gasteiger partial charge in [0.2, 0.25) is 5.95 Å². The van der Waals surface area contributed by atoms with Gasteiger partial charge in [-0.05, 0) is 36.4 Å². The number of anilines is 3. The standard InChI is InChI=1S/C20H19FN6O/c1-28-12-11-22-20-25-18(24-15-9-7-14(21)8-10-15)17-13-23-27(19(17)26-20)16-5-3-2-4-6-16/h2-10,13H,11-12H2,1H3,(H2,22,24,25,26). The van der Waals surface area contributed by atoms with Crippen molar-refractivity contribution in [3.8, 4) is 5.69 Å². The number of nitrogens with zero attached hydrogens (tertiary/aromatic N) is 4. The second-order valence-electron chi connectivity index (χ2n) is 6.08. The number of para-hydroxylation sites is 1. The molecule has 0 aliphatic carbocycles. The van der Waals surface area contributed by atoms with Crippen LogP contribution in [0.5, 0.6) is 0 Å². The number of benzene rings is 2. The van der Waals surface area contributed by atoms with E-state index in [9.17, 15) is 4.39 Å². The smallest absolute Gasteiger partial charge is 0.226 e. The topological polar surface area (TPSA) is 76.9 Å². The summed E-state index contributed by atoms with van der Waals surface area (Å²) in [4.78, 5) is 9.18. The summed E-state index contributed by atoms with van der Waals surface area (Å²) in [6.45, 7) is 1.09. The van der Waals surface area contributed by atoms with Crippen LogP contribution in [0.4, 0.5) is 21.8 Å². The van der Waals surface area contributed by atoms with Crippen LogP contribution in [0.2, 0.25) is 0 Å². The molecule has 4 aromatic rings. The largest absolute Gasteiger partial charge is 0.383 e. The van der Waals surface area contributed by atoms with Gasteiger partial charge < -0.3 is 15.4 Å². The molecule has 2 heterocycles. The molecule has 0 spiro atoms. The monoisotopic (exact) mass is 378 g/mol. The third-order valence-corrected chi connectivity index (χ3v) is 4.13. The number of hydrogen-bond acceptors (Lipinski definition) is 6. The zero-order valence-corrected chi connectivity index (χ0v) is 15.3. The third kappa shape index (κ3) is 3.77. The molecular formula is C20H19FN6O. The van der Waals surface area contributed by atoms with E-state index in [1.165, 1.54) is 12.1 Å². The van der Waals surface area contributed by atoms with Crippen LogP contribution in [-0.2, 0) is 4.74 Å². The molecule has 0 saturated heterocycles. The molecule has 0 radical (unpaired) electrons. The predicted molar refractivity (Wildman–Crippen MR) is 107 cm³/mol. The van der Waals surface area contributed by atoms with Gasteiger partial charge in [-0.25, -0.2) is 9.07 Å². The van der Waals surface area contributed by atoms with E-state index in [2.05, 4.69) is 25.7 Å². The number of methoxy groups -OCH3 is 1. The molecule has 0 unspecified atom stereocenters. The summed E-state index contributed by atoms with van der Waals surface area (Å²) in [7, 11) is 1.64. The summed E-state index contributed by atoms with van der Waals surface area (Å²) in [5.74, 6) is 0.739. The third-order valence-electron chi connectivity index (χ3n) is 4.13. The first-order valence-corrected chi connectivity index (χ1v) is 8.81. The number of nitrogens with one attached hydrogen (secondary N) is 2. The van der Waals surface area contributed by atoms with Crippen molar-refractivity contribution in [3.05, 3.63) is 66.6 Å². The summed E-state index contributed by atoms with van der Waals surface area (Å²) >= 11 is 0. The van der Waals surface area contributed by atoms with Crippen molar-refractivity contribution in [1.29, 1.82) is 0 Å². The van der Waals surface area contributed by atoms with E-state index in [0.717, 1.165) is 16.8 Å². The quantitative estimate of drug-likeness (QED) is 0.477. The summed E-state index contributed by atoms with van der Waals surface area (Å²) < 4.78 is 20.1. The Hall–Kier alpha value is -3.52. The van der Waals surface area contributed by atoms with Crippen LogP contribution in [0.15, 0.2) is 60.8 Å². The lowest BCUT2D eigenvalue weighted by Crippen LogP contribution is -2.11. The van der Waals surface area contributed by atoms with Crippen LogP contribution in [-0.4, -0.2) is 40.0 Å². The van der Waals surface area contributed by atoms with Gasteiger partial charge >= 0.3 is 0 Å². The van der Waals surface area contributed by atoms with Crippen LogP contribution < -0.4 is 10.6 Å². The summed E-state index contributed by atoms with van der Waals surface area (Å²) in [5, 5.41) is 11.6. The number of hydrogen-bond donors (Lipinski definition) is 2. The Morgan fingerprint density at radius 1 is 1.04 bits per heavy atom. The molecule has 0 saturated carbocycles. The molecule has 0 atom stereocenters. The SMILES string of the molecule is COCCNc1nc(Nc2ccc(F)cc2)c2cnn(-c3ccccc3)c2n1. The number of ether oxygens (including phenoxy) is 1. The van der Waals surface area contributed by atoms with Gasteiger partial charge in [0.25, 0.3) is 0 Å². The van der Waals surface area contributed by atoms with Gasteiger partial charge in [-0.15, -0.1) is 0 Å². The van der Waals surface area contributed by atoms with Crippen molar-refractivity contribution in [3.63, 3.8) is 0 Å². The average molecular weight is 378 g/mol.